The van der Waals surface area contributed by atoms with Crippen LogP contribution in [0.25, 0.3) is 0 Å². The predicted octanol–water partition coefficient (Wildman–Crippen LogP) is -1.96. The van der Waals surface area contributed by atoms with Crippen LogP contribution in [-0.4, -0.2) is 41.5 Å². The topological polar surface area (TPSA) is 122 Å². The molecule has 86 valence electrons. The number of nitrogens with two attached hydrogens (primary N) is 1. The Hall–Kier alpha value is -1.63. The van der Waals surface area contributed by atoms with Crippen molar-refractivity contribution in [1.29, 1.82) is 0 Å². The molecule has 0 saturated heterocycles. The summed E-state index contributed by atoms with van der Waals surface area (Å²) in [4.78, 5) is 31.9. The van der Waals surface area contributed by atoms with Gasteiger partial charge in [0.05, 0.1) is 6.04 Å². The van der Waals surface area contributed by atoms with Crippen LogP contribution in [0.4, 0.5) is 0 Å². The highest BCUT2D eigenvalue weighted by Gasteiger charge is 2.19. The van der Waals surface area contributed by atoms with E-state index < -0.39 is 29.9 Å². The Morgan fingerprint density at radius 1 is 1.40 bits per heavy atom. The number of aliphatic carboxylic acids is 1. The van der Waals surface area contributed by atoms with Gasteiger partial charge in [-0.05, 0) is 6.92 Å². The lowest BCUT2D eigenvalue weighted by atomic mass is 10.2. The van der Waals surface area contributed by atoms with E-state index in [2.05, 4.69) is 10.6 Å². The Balaban J connectivity index is 4.13. The van der Waals surface area contributed by atoms with Gasteiger partial charge in [0.25, 0.3) is 0 Å². The summed E-state index contributed by atoms with van der Waals surface area (Å²) in [6, 6.07) is -1.70. The molecule has 0 heterocycles. The van der Waals surface area contributed by atoms with Gasteiger partial charge in [0.1, 0.15) is 6.04 Å². The summed E-state index contributed by atoms with van der Waals surface area (Å²) in [5.41, 5.74) is 4.96. The number of carbonyl (C=O) groups excluding carboxylic acids is 2. The van der Waals surface area contributed by atoms with E-state index in [9.17, 15) is 14.4 Å². The third-order valence-electron chi connectivity index (χ3n) is 1.73. The van der Waals surface area contributed by atoms with E-state index in [1.807, 2.05) is 0 Å². The van der Waals surface area contributed by atoms with Gasteiger partial charge in [0.15, 0.2) is 0 Å². The fourth-order valence-electron chi connectivity index (χ4n) is 0.841. The number of nitrogens with one attached hydrogen (secondary N) is 2. The second-order valence-corrected chi connectivity index (χ2v) is 3.12. The van der Waals surface area contributed by atoms with Crippen molar-refractivity contribution in [1.82, 2.24) is 10.6 Å². The van der Waals surface area contributed by atoms with Crippen LogP contribution in [0.2, 0.25) is 0 Å². The monoisotopic (exact) mass is 217 g/mol. The Morgan fingerprint density at radius 2 is 1.93 bits per heavy atom. The minimum Gasteiger partial charge on any atom is -0.480 e. The van der Waals surface area contributed by atoms with Crippen LogP contribution >= 0.6 is 0 Å². The number of hydrogen-bond acceptors (Lipinski definition) is 4. The van der Waals surface area contributed by atoms with Gasteiger partial charge in [-0.1, -0.05) is 0 Å². The van der Waals surface area contributed by atoms with Crippen LogP contribution < -0.4 is 16.4 Å². The van der Waals surface area contributed by atoms with E-state index in [1.165, 1.54) is 13.8 Å². The van der Waals surface area contributed by atoms with E-state index >= 15 is 0 Å². The van der Waals surface area contributed by atoms with Gasteiger partial charge < -0.3 is 21.5 Å². The molecule has 2 unspecified atom stereocenters. The van der Waals surface area contributed by atoms with Crippen molar-refractivity contribution >= 4 is 17.8 Å². The van der Waals surface area contributed by atoms with Crippen LogP contribution in [0.5, 0.6) is 0 Å². The third kappa shape index (κ3) is 5.63. The molecule has 0 aromatic heterocycles. The maximum absolute atomic E-state index is 10.6. The average molecular weight is 217 g/mol. The normalized spacial score (nSPS) is 14.0. The molecule has 15 heavy (non-hydrogen) atoms. The molecular formula is C8H15N3O4. The van der Waals surface area contributed by atoms with Crippen molar-refractivity contribution < 1.29 is 19.5 Å². The number of primary amides is 1. The first-order valence-electron chi connectivity index (χ1n) is 4.37. The molecule has 2 amide bonds. The lowest BCUT2D eigenvalue weighted by Crippen LogP contribution is -2.50. The summed E-state index contributed by atoms with van der Waals surface area (Å²) in [6.45, 7) is 2.67. The van der Waals surface area contributed by atoms with Crippen LogP contribution in [-0.2, 0) is 14.4 Å². The molecule has 0 aliphatic carbocycles. The molecule has 0 bridgehead atoms. The zero-order chi connectivity index (χ0) is 12.0. The Kier molecular flexibility index (Phi) is 5.32. The van der Waals surface area contributed by atoms with E-state index in [-0.39, 0.29) is 6.54 Å². The zero-order valence-corrected chi connectivity index (χ0v) is 8.61. The molecule has 0 rings (SSSR count). The summed E-state index contributed by atoms with van der Waals surface area (Å²) in [5.74, 6) is -2.20. The first-order chi connectivity index (χ1) is 6.84. The Morgan fingerprint density at radius 3 is 2.27 bits per heavy atom. The number of carboxylic acids is 1. The zero-order valence-electron chi connectivity index (χ0n) is 8.61. The van der Waals surface area contributed by atoms with Crippen molar-refractivity contribution in [2.24, 2.45) is 5.73 Å². The highest BCUT2D eigenvalue weighted by Crippen LogP contribution is 1.85. The molecule has 0 spiro atoms. The fraction of sp³-hybridized carbons (Fsp3) is 0.625. The molecule has 0 saturated carbocycles. The van der Waals surface area contributed by atoms with Crippen LogP contribution in [0.1, 0.15) is 13.8 Å². The van der Waals surface area contributed by atoms with E-state index in [0.717, 1.165) is 0 Å². The number of carbonyl (C=O) groups is 3. The smallest absolute Gasteiger partial charge is 0.327 e. The first kappa shape index (κ1) is 13.4. The van der Waals surface area contributed by atoms with Gasteiger partial charge in [0.2, 0.25) is 11.8 Å². The van der Waals surface area contributed by atoms with Crippen molar-refractivity contribution in [2.75, 3.05) is 6.54 Å². The lowest BCUT2D eigenvalue weighted by molar-refractivity contribution is -0.141. The second-order valence-electron chi connectivity index (χ2n) is 3.12. The van der Waals surface area contributed by atoms with Gasteiger partial charge in [0, 0.05) is 13.5 Å². The quantitative estimate of drug-likeness (QED) is 0.411. The van der Waals surface area contributed by atoms with Crippen LogP contribution in [0, 0.1) is 0 Å². The summed E-state index contributed by atoms with van der Waals surface area (Å²) < 4.78 is 0. The lowest BCUT2D eigenvalue weighted by Gasteiger charge is -2.16. The molecule has 0 fully saturated rings. The van der Waals surface area contributed by atoms with Crippen molar-refractivity contribution in [3.63, 3.8) is 0 Å². The van der Waals surface area contributed by atoms with Crippen molar-refractivity contribution in [3.05, 3.63) is 0 Å². The SMILES string of the molecule is CC(=O)NC(CNC(C)C(N)=O)C(=O)O. The summed E-state index contributed by atoms with van der Waals surface area (Å²) >= 11 is 0. The first-order valence-corrected chi connectivity index (χ1v) is 4.37. The molecule has 7 nitrogen and oxygen atoms in total. The largest absolute Gasteiger partial charge is 0.480 e. The standard InChI is InChI=1S/C8H15N3O4/c1-4(7(9)13)10-3-6(8(14)15)11-5(2)12/h4,6,10H,3H2,1-2H3,(H2,9,13)(H,11,12)(H,14,15). The van der Waals surface area contributed by atoms with Gasteiger partial charge >= 0.3 is 5.97 Å². The molecule has 0 radical (unpaired) electrons. The number of amides is 2. The Labute approximate surface area is 87.0 Å². The predicted molar refractivity (Wildman–Crippen MR) is 51.9 cm³/mol. The second kappa shape index (κ2) is 5.97. The summed E-state index contributed by atoms with van der Waals surface area (Å²) in [7, 11) is 0. The van der Waals surface area contributed by atoms with Gasteiger partial charge in [-0.3, -0.25) is 9.59 Å². The highest BCUT2D eigenvalue weighted by atomic mass is 16.4. The molecule has 7 heteroatoms. The average Bonchev–Trinajstić information content (AvgIpc) is 2.10. The van der Waals surface area contributed by atoms with Gasteiger partial charge in [-0.25, -0.2) is 4.79 Å². The van der Waals surface area contributed by atoms with Crippen LogP contribution in [0.15, 0.2) is 0 Å². The summed E-state index contributed by atoms with van der Waals surface area (Å²) in [5, 5.41) is 13.5. The van der Waals surface area contributed by atoms with Gasteiger partial charge in [-0.2, -0.15) is 0 Å². The fourth-order valence-corrected chi connectivity index (χ4v) is 0.841. The molecule has 0 aliphatic heterocycles. The number of carboxylic acid groups (broad SMARTS) is 1. The van der Waals surface area contributed by atoms with Crippen LogP contribution in [0.3, 0.4) is 0 Å². The van der Waals surface area contributed by atoms with E-state index in [0.29, 0.717) is 0 Å². The molecule has 0 aromatic rings. The molecule has 0 aromatic carbocycles. The molecule has 0 aliphatic rings. The molecule has 5 N–H and O–H groups in total. The molecular weight excluding hydrogens is 202 g/mol. The number of hydrogen-bond donors (Lipinski definition) is 4. The maximum Gasteiger partial charge on any atom is 0.327 e. The highest BCUT2D eigenvalue weighted by molar-refractivity contribution is 5.82. The van der Waals surface area contributed by atoms with Crippen molar-refractivity contribution in [3.8, 4) is 0 Å². The summed E-state index contributed by atoms with van der Waals surface area (Å²) in [6.07, 6.45) is 0. The molecule has 2 atom stereocenters. The van der Waals surface area contributed by atoms with Crippen molar-refractivity contribution in [2.45, 2.75) is 25.9 Å². The maximum atomic E-state index is 10.6. The third-order valence-corrected chi connectivity index (χ3v) is 1.73. The minimum absolute atomic E-state index is 0.0565. The van der Waals surface area contributed by atoms with E-state index in [4.69, 9.17) is 10.8 Å². The Bertz CT molecular complexity index is 267. The van der Waals surface area contributed by atoms with Gasteiger partial charge in [-0.15, -0.1) is 0 Å². The number of rotatable bonds is 6. The van der Waals surface area contributed by atoms with E-state index in [1.54, 1.807) is 0 Å². The minimum atomic E-state index is -1.17.